The lowest BCUT2D eigenvalue weighted by Crippen LogP contribution is -2.08. The number of imidazole rings is 1. The molecule has 0 spiro atoms. The van der Waals surface area contributed by atoms with Gasteiger partial charge in [-0.25, -0.2) is 4.39 Å². The summed E-state index contributed by atoms with van der Waals surface area (Å²) in [6.45, 7) is 2.00. The van der Waals surface area contributed by atoms with E-state index in [4.69, 9.17) is 12.2 Å². The fourth-order valence-corrected chi connectivity index (χ4v) is 3.09. The molecule has 1 N–H and O–H groups in total. The van der Waals surface area contributed by atoms with Gasteiger partial charge in [-0.3, -0.25) is 4.98 Å². The Kier molecular flexibility index (Phi) is 3.59. The number of nitrogens with zero attached hydrogens (tertiary/aromatic N) is 2. The summed E-state index contributed by atoms with van der Waals surface area (Å²) in [5.41, 5.74) is 2.48. The maximum atomic E-state index is 13.8. The van der Waals surface area contributed by atoms with Crippen molar-refractivity contribution in [1.82, 2.24) is 14.5 Å². The Morgan fingerprint density at radius 3 is 2.90 bits per heavy atom. The molecule has 0 aliphatic rings. The predicted molar refractivity (Wildman–Crippen MR) is 87.8 cm³/mol. The van der Waals surface area contributed by atoms with Crippen molar-refractivity contribution in [2.24, 2.45) is 0 Å². The van der Waals surface area contributed by atoms with Gasteiger partial charge in [0.1, 0.15) is 5.82 Å². The Hall–Kier alpha value is -1.28. The number of nitrogens with one attached hydrogen (secondary N) is 1. The van der Waals surface area contributed by atoms with Gasteiger partial charge in [0.25, 0.3) is 0 Å². The van der Waals surface area contributed by atoms with E-state index in [-0.39, 0.29) is 11.9 Å². The third kappa shape index (κ3) is 2.26. The molecule has 3 rings (SSSR count). The Bertz CT molecular complexity index is 826. The highest BCUT2D eigenvalue weighted by Crippen LogP contribution is 2.25. The summed E-state index contributed by atoms with van der Waals surface area (Å²) in [4.78, 5) is 7.47. The Morgan fingerprint density at radius 2 is 2.20 bits per heavy atom. The third-order valence-corrected chi connectivity index (χ3v) is 4.39. The van der Waals surface area contributed by atoms with Gasteiger partial charge in [-0.2, -0.15) is 0 Å². The van der Waals surface area contributed by atoms with Crippen LogP contribution < -0.4 is 0 Å². The topological polar surface area (TPSA) is 33.6 Å². The van der Waals surface area contributed by atoms with E-state index in [1.807, 2.05) is 52.3 Å². The molecule has 3 aromatic rings. The van der Waals surface area contributed by atoms with Gasteiger partial charge in [-0.05, 0) is 59.9 Å². The summed E-state index contributed by atoms with van der Waals surface area (Å²) >= 11 is 7.34. The zero-order valence-electron chi connectivity index (χ0n) is 10.6. The van der Waals surface area contributed by atoms with E-state index in [0.717, 1.165) is 16.7 Å². The number of halogens is 2. The Balaban J connectivity index is 2.24. The van der Waals surface area contributed by atoms with Gasteiger partial charge in [0.15, 0.2) is 4.77 Å². The van der Waals surface area contributed by atoms with Crippen LogP contribution in [-0.4, -0.2) is 14.5 Å². The second-order valence-electron chi connectivity index (χ2n) is 4.51. The highest BCUT2D eigenvalue weighted by atomic mass is 127. The van der Waals surface area contributed by atoms with Crippen LogP contribution >= 0.6 is 34.8 Å². The molecule has 0 amide bonds. The maximum absolute atomic E-state index is 13.8. The standard InChI is InChI=1S/C14H11FIN3S/c1-8(11-4-2-3-5-17-11)19-13-6-9(15)10(16)7-12(13)18-14(19)20/h2-8H,1H3,(H,18,20). The molecule has 3 nitrogen and oxygen atoms in total. The molecule has 0 bridgehead atoms. The molecule has 1 unspecified atom stereocenters. The van der Waals surface area contributed by atoms with Crippen LogP contribution in [-0.2, 0) is 0 Å². The molecule has 20 heavy (non-hydrogen) atoms. The molecule has 1 aromatic carbocycles. The average molecular weight is 399 g/mol. The van der Waals surface area contributed by atoms with Crippen molar-refractivity contribution in [2.75, 3.05) is 0 Å². The van der Waals surface area contributed by atoms with Crippen LogP contribution in [0.5, 0.6) is 0 Å². The van der Waals surface area contributed by atoms with Crippen molar-refractivity contribution in [2.45, 2.75) is 13.0 Å². The van der Waals surface area contributed by atoms with Crippen LogP contribution in [0.25, 0.3) is 11.0 Å². The molecule has 2 heterocycles. The van der Waals surface area contributed by atoms with E-state index >= 15 is 0 Å². The van der Waals surface area contributed by atoms with Crippen LogP contribution in [0.4, 0.5) is 4.39 Å². The number of benzene rings is 1. The summed E-state index contributed by atoms with van der Waals surface area (Å²) in [7, 11) is 0. The SMILES string of the molecule is CC(c1ccccn1)n1c(=S)[nH]c2cc(I)c(F)cc21. The van der Waals surface area contributed by atoms with Crippen LogP contribution in [0.1, 0.15) is 18.7 Å². The Labute approximate surface area is 134 Å². The van der Waals surface area contributed by atoms with Gasteiger partial charge in [0, 0.05) is 12.3 Å². The van der Waals surface area contributed by atoms with Gasteiger partial charge >= 0.3 is 0 Å². The smallest absolute Gasteiger partial charge is 0.178 e. The lowest BCUT2D eigenvalue weighted by atomic mass is 10.2. The summed E-state index contributed by atoms with van der Waals surface area (Å²) in [6.07, 6.45) is 1.74. The number of fused-ring (bicyclic) bond motifs is 1. The van der Waals surface area contributed by atoms with E-state index in [2.05, 4.69) is 9.97 Å². The number of rotatable bonds is 2. The second kappa shape index (κ2) is 5.25. The summed E-state index contributed by atoms with van der Waals surface area (Å²) in [5, 5.41) is 0. The zero-order valence-corrected chi connectivity index (χ0v) is 13.6. The zero-order chi connectivity index (χ0) is 14.3. The summed E-state index contributed by atoms with van der Waals surface area (Å²) < 4.78 is 16.9. The maximum Gasteiger partial charge on any atom is 0.178 e. The van der Waals surface area contributed by atoms with Crippen LogP contribution in [0.15, 0.2) is 36.5 Å². The molecule has 6 heteroatoms. The largest absolute Gasteiger partial charge is 0.331 e. The number of hydrogen-bond acceptors (Lipinski definition) is 2. The fraction of sp³-hybridized carbons (Fsp3) is 0.143. The van der Waals surface area contributed by atoms with Crippen molar-refractivity contribution in [3.05, 3.63) is 56.4 Å². The molecule has 1 atom stereocenters. The molecule has 0 saturated heterocycles. The van der Waals surface area contributed by atoms with Gasteiger partial charge in [-0.15, -0.1) is 0 Å². The molecule has 2 aromatic heterocycles. The van der Waals surface area contributed by atoms with Gasteiger partial charge in [0.05, 0.1) is 26.3 Å². The lowest BCUT2D eigenvalue weighted by Gasteiger charge is -2.14. The number of aromatic amines is 1. The molecule has 0 fully saturated rings. The number of hydrogen-bond donors (Lipinski definition) is 1. The molecule has 0 radical (unpaired) electrons. The van der Waals surface area contributed by atoms with E-state index < -0.39 is 0 Å². The van der Waals surface area contributed by atoms with Gasteiger partial charge in [0.2, 0.25) is 0 Å². The van der Waals surface area contributed by atoms with Crippen molar-refractivity contribution < 1.29 is 4.39 Å². The minimum atomic E-state index is -0.242. The summed E-state index contributed by atoms with van der Waals surface area (Å²) in [6, 6.07) is 8.96. The van der Waals surface area contributed by atoms with Crippen LogP contribution in [0.3, 0.4) is 0 Å². The molecular weight excluding hydrogens is 388 g/mol. The first-order valence-corrected chi connectivity index (χ1v) is 7.57. The lowest BCUT2D eigenvalue weighted by molar-refractivity contribution is 0.612. The first-order valence-electron chi connectivity index (χ1n) is 6.08. The van der Waals surface area contributed by atoms with Gasteiger partial charge in [-0.1, -0.05) is 6.07 Å². The molecule has 0 aliphatic heterocycles. The van der Waals surface area contributed by atoms with E-state index in [0.29, 0.717) is 8.34 Å². The third-order valence-electron chi connectivity index (χ3n) is 3.26. The summed E-state index contributed by atoms with van der Waals surface area (Å²) in [5.74, 6) is -0.242. The number of H-pyrrole nitrogens is 1. The monoisotopic (exact) mass is 399 g/mol. The highest BCUT2D eigenvalue weighted by molar-refractivity contribution is 14.1. The first-order chi connectivity index (χ1) is 9.58. The Morgan fingerprint density at radius 1 is 1.40 bits per heavy atom. The minimum Gasteiger partial charge on any atom is -0.331 e. The molecular formula is C14H11FIN3S. The van der Waals surface area contributed by atoms with Gasteiger partial charge < -0.3 is 9.55 Å². The normalized spacial score (nSPS) is 12.8. The first kappa shape index (κ1) is 13.7. The van der Waals surface area contributed by atoms with Crippen molar-refractivity contribution in [3.63, 3.8) is 0 Å². The minimum absolute atomic E-state index is 0.0584. The predicted octanol–water partition coefficient (Wildman–Crippen LogP) is 4.45. The number of aromatic nitrogens is 3. The molecule has 102 valence electrons. The number of pyridine rings is 1. The van der Waals surface area contributed by atoms with E-state index in [1.165, 1.54) is 6.07 Å². The van der Waals surface area contributed by atoms with Crippen molar-refractivity contribution in [1.29, 1.82) is 0 Å². The molecule has 0 saturated carbocycles. The fourth-order valence-electron chi connectivity index (χ4n) is 2.26. The quantitative estimate of drug-likeness (QED) is 0.511. The van der Waals surface area contributed by atoms with E-state index in [1.54, 1.807) is 12.3 Å². The average Bonchev–Trinajstić information content (AvgIpc) is 2.75. The second-order valence-corrected chi connectivity index (χ2v) is 6.06. The van der Waals surface area contributed by atoms with Crippen LogP contribution in [0.2, 0.25) is 0 Å². The van der Waals surface area contributed by atoms with E-state index in [9.17, 15) is 4.39 Å². The highest BCUT2D eigenvalue weighted by Gasteiger charge is 2.15. The molecule has 0 aliphatic carbocycles. The van der Waals surface area contributed by atoms with Crippen molar-refractivity contribution >= 4 is 45.8 Å². The van der Waals surface area contributed by atoms with Crippen LogP contribution in [0, 0.1) is 14.2 Å². The van der Waals surface area contributed by atoms with Crippen molar-refractivity contribution in [3.8, 4) is 0 Å².